The molecule has 0 saturated heterocycles. The average molecular weight is 357 g/mol. The van der Waals surface area contributed by atoms with E-state index in [9.17, 15) is 9.59 Å². The highest BCUT2D eigenvalue weighted by atomic mass is 35.5. The SMILES string of the molecule is CN(Cc1cccc(Cl)c1)C(=O)CCC1Cc2ccccc2NC1=O. The van der Waals surface area contributed by atoms with Gasteiger partial charge in [-0.05, 0) is 42.2 Å². The van der Waals surface area contributed by atoms with Crippen molar-refractivity contribution in [3.63, 3.8) is 0 Å². The molecule has 0 aliphatic carbocycles. The van der Waals surface area contributed by atoms with Crippen LogP contribution in [0.4, 0.5) is 5.69 Å². The molecule has 0 aromatic heterocycles. The molecule has 0 fully saturated rings. The van der Waals surface area contributed by atoms with Crippen LogP contribution < -0.4 is 5.32 Å². The minimum atomic E-state index is -0.154. The van der Waals surface area contributed by atoms with Gasteiger partial charge in [0.05, 0.1) is 0 Å². The standard InChI is InChI=1S/C20H21ClN2O2/c1-23(13-14-5-4-7-17(21)11-14)19(24)10-9-16-12-15-6-2-3-8-18(15)22-20(16)25/h2-8,11,16H,9-10,12-13H2,1H3,(H,22,25). The van der Waals surface area contributed by atoms with Crippen LogP contribution in [0.2, 0.25) is 5.02 Å². The first-order valence-corrected chi connectivity index (χ1v) is 8.78. The van der Waals surface area contributed by atoms with Gasteiger partial charge in [-0.3, -0.25) is 9.59 Å². The Bertz CT molecular complexity index is 791. The Morgan fingerprint density at radius 2 is 2.04 bits per heavy atom. The normalized spacial score (nSPS) is 16.1. The topological polar surface area (TPSA) is 49.4 Å². The fraction of sp³-hybridized carbons (Fsp3) is 0.300. The molecule has 5 heteroatoms. The molecule has 2 amide bonds. The summed E-state index contributed by atoms with van der Waals surface area (Å²) in [5.74, 6) is -0.117. The summed E-state index contributed by atoms with van der Waals surface area (Å²) in [5, 5.41) is 3.59. The molecule has 130 valence electrons. The van der Waals surface area contributed by atoms with Crippen molar-refractivity contribution in [1.29, 1.82) is 0 Å². The van der Waals surface area contributed by atoms with Gasteiger partial charge in [0.2, 0.25) is 11.8 Å². The number of halogens is 1. The molecule has 25 heavy (non-hydrogen) atoms. The van der Waals surface area contributed by atoms with Crippen molar-refractivity contribution in [2.75, 3.05) is 12.4 Å². The lowest BCUT2D eigenvalue weighted by atomic mass is 9.89. The summed E-state index contributed by atoms with van der Waals surface area (Å²) in [6.07, 6.45) is 1.60. The fourth-order valence-electron chi connectivity index (χ4n) is 3.13. The van der Waals surface area contributed by atoms with Crippen LogP contribution >= 0.6 is 11.6 Å². The van der Waals surface area contributed by atoms with Crippen molar-refractivity contribution >= 4 is 29.1 Å². The molecule has 1 atom stereocenters. The third-order valence-corrected chi connectivity index (χ3v) is 4.79. The lowest BCUT2D eigenvalue weighted by molar-refractivity contribution is -0.131. The number of nitrogens with zero attached hydrogens (tertiary/aromatic N) is 1. The van der Waals surface area contributed by atoms with Gasteiger partial charge in [-0.15, -0.1) is 0 Å². The highest BCUT2D eigenvalue weighted by Crippen LogP contribution is 2.27. The number of fused-ring (bicyclic) bond motifs is 1. The smallest absolute Gasteiger partial charge is 0.227 e. The minimum absolute atomic E-state index is 0.00370. The van der Waals surface area contributed by atoms with Crippen LogP contribution in [0.3, 0.4) is 0 Å². The molecule has 0 bridgehead atoms. The van der Waals surface area contributed by atoms with E-state index in [1.54, 1.807) is 11.9 Å². The number of hydrogen-bond acceptors (Lipinski definition) is 2. The highest BCUT2D eigenvalue weighted by molar-refractivity contribution is 6.30. The zero-order valence-corrected chi connectivity index (χ0v) is 14.9. The van der Waals surface area contributed by atoms with Gasteiger partial charge in [-0.25, -0.2) is 0 Å². The first-order valence-electron chi connectivity index (χ1n) is 8.40. The Morgan fingerprint density at radius 3 is 2.84 bits per heavy atom. The number of carbonyl (C=O) groups is 2. The van der Waals surface area contributed by atoms with E-state index in [4.69, 9.17) is 11.6 Å². The molecule has 0 radical (unpaired) electrons. The van der Waals surface area contributed by atoms with Crippen molar-refractivity contribution < 1.29 is 9.59 Å². The molecule has 1 aliphatic heterocycles. The predicted molar refractivity (Wildman–Crippen MR) is 99.4 cm³/mol. The lowest BCUT2D eigenvalue weighted by Gasteiger charge is -2.25. The van der Waals surface area contributed by atoms with E-state index < -0.39 is 0 Å². The molecule has 2 aromatic carbocycles. The van der Waals surface area contributed by atoms with E-state index in [0.717, 1.165) is 16.8 Å². The van der Waals surface area contributed by atoms with Crippen molar-refractivity contribution in [2.45, 2.75) is 25.8 Å². The molecule has 1 N–H and O–H groups in total. The third kappa shape index (κ3) is 4.40. The van der Waals surface area contributed by atoms with E-state index in [0.29, 0.717) is 30.8 Å². The van der Waals surface area contributed by atoms with Gasteiger partial charge >= 0.3 is 0 Å². The Hall–Kier alpha value is -2.33. The number of amides is 2. The van der Waals surface area contributed by atoms with E-state index >= 15 is 0 Å². The van der Waals surface area contributed by atoms with E-state index in [-0.39, 0.29) is 17.7 Å². The number of hydrogen-bond donors (Lipinski definition) is 1. The Balaban J connectivity index is 1.54. The van der Waals surface area contributed by atoms with Crippen LogP contribution in [-0.4, -0.2) is 23.8 Å². The van der Waals surface area contributed by atoms with Gasteiger partial charge in [0.25, 0.3) is 0 Å². The first-order chi connectivity index (χ1) is 12.0. The summed E-state index contributed by atoms with van der Waals surface area (Å²) in [5.41, 5.74) is 3.01. The molecule has 1 unspecified atom stereocenters. The molecule has 4 nitrogen and oxygen atoms in total. The van der Waals surface area contributed by atoms with Gasteiger partial charge in [0.1, 0.15) is 0 Å². The second-order valence-electron chi connectivity index (χ2n) is 6.47. The molecule has 1 heterocycles. The number of carbonyl (C=O) groups excluding carboxylic acids is 2. The average Bonchev–Trinajstić information content (AvgIpc) is 2.59. The van der Waals surface area contributed by atoms with Crippen molar-refractivity contribution in [2.24, 2.45) is 5.92 Å². The predicted octanol–water partition coefficient (Wildman–Crippen LogP) is 3.89. The quantitative estimate of drug-likeness (QED) is 0.883. The summed E-state index contributed by atoms with van der Waals surface area (Å²) in [7, 11) is 1.78. The first kappa shape index (κ1) is 17.5. The summed E-state index contributed by atoms with van der Waals surface area (Å²) >= 11 is 5.98. The van der Waals surface area contributed by atoms with Crippen LogP contribution in [0.25, 0.3) is 0 Å². The molecule has 2 aromatic rings. The van der Waals surface area contributed by atoms with Gasteiger partial charge in [0, 0.05) is 36.6 Å². The lowest BCUT2D eigenvalue weighted by Crippen LogP contribution is -2.32. The molecule has 0 saturated carbocycles. The van der Waals surface area contributed by atoms with Crippen LogP contribution in [0.5, 0.6) is 0 Å². The molecular formula is C20H21ClN2O2. The highest BCUT2D eigenvalue weighted by Gasteiger charge is 2.26. The summed E-state index contributed by atoms with van der Waals surface area (Å²) in [6, 6.07) is 15.3. The van der Waals surface area contributed by atoms with Crippen LogP contribution in [0, 0.1) is 5.92 Å². The monoisotopic (exact) mass is 356 g/mol. The maximum Gasteiger partial charge on any atom is 0.227 e. The van der Waals surface area contributed by atoms with Crippen LogP contribution in [0.1, 0.15) is 24.0 Å². The summed E-state index contributed by atoms with van der Waals surface area (Å²) in [4.78, 5) is 26.3. The number of rotatable bonds is 5. The third-order valence-electron chi connectivity index (χ3n) is 4.55. The number of para-hydroxylation sites is 1. The van der Waals surface area contributed by atoms with Gasteiger partial charge in [-0.2, -0.15) is 0 Å². The fourth-order valence-corrected chi connectivity index (χ4v) is 3.35. The maximum absolute atomic E-state index is 12.4. The second kappa shape index (κ2) is 7.70. The second-order valence-corrected chi connectivity index (χ2v) is 6.90. The number of nitrogens with one attached hydrogen (secondary N) is 1. The van der Waals surface area contributed by atoms with Crippen molar-refractivity contribution in [3.05, 3.63) is 64.7 Å². The van der Waals surface area contributed by atoms with E-state index in [1.807, 2.05) is 48.5 Å². The van der Waals surface area contributed by atoms with Crippen molar-refractivity contribution in [1.82, 2.24) is 4.90 Å². The van der Waals surface area contributed by atoms with Gasteiger partial charge in [0.15, 0.2) is 0 Å². The summed E-state index contributed by atoms with van der Waals surface area (Å²) < 4.78 is 0. The zero-order valence-electron chi connectivity index (χ0n) is 14.2. The number of benzene rings is 2. The maximum atomic E-state index is 12.4. The minimum Gasteiger partial charge on any atom is -0.341 e. The van der Waals surface area contributed by atoms with Crippen molar-refractivity contribution in [3.8, 4) is 0 Å². The Morgan fingerprint density at radius 1 is 1.24 bits per heavy atom. The van der Waals surface area contributed by atoms with E-state index in [1.165, 1.54) is 0 Å². The number of anilines is 1. The molecule has 1 aliphatic rings. The van der Waals surface area contributed by atoms with Crippen LogP contribution in [-0.2, 0) is 22.6 Å². The van der Waals surface area contributed by atoms with E-state index in [2.05, 4.69) is 5.32 Å². The Kier molecular flexibility index (Phi) is 5.39. The van der Waals surface area contributed by atoms with Crippen LogP contribution in [0.15, 0.2) is 48.5 Å². The zero-order chi connectivity index (χ0) is 17.8. The Labute approximate surface area is 152 Å². The van der Waals surface area contributed by atoms with Gasteiger partial charge < -0.3 is 10.2 Å². The largest absolute Gasteiger partial charge is 0.341 e. The summed E-state index contributed by atoms with van der Waals surface area (Å²) in [6.45, 7) is 0.513. The molecule has 0 spiro atoms. The van der Waals surface area contributed by atoms with Gasteiger partial charge in [-0.1, -0.05) is 41.9 Å². The molecular weight excluding hydrogens is 336 g/mol. The molecule has 3 rings (SSSR count).